The van der Waals surface area contributed by atoms with Crippen LogP contribution in [-0.4, -0.2) is 26.2 Å². The van der Waals surface area contributed by atoms with Crippen molar-refractivity contribution >= 4 is 38.7 Å². The zero-order valence-electron chi connectivity index (χ0n) is 13.2. The molecule has 0 aliphatic heterocycles. The van der Waals surface area contributed by atoms with Gasteiger partial charge in [-0.05, 0) is 29.7 Å². The molecule has 0 unspecified atom stereocenters. The molecule has 0 radical (unpaired) electrons. The fourth-order valence-electron chi connectivity index (χ4n) is 2.29. The molecule has 0 atom stereocenters. The number of para-hydroxylation sites is 2. The minimum atomic E-state index is -0.183. The lowest BCUT2D eigenvalue weighted by atomic mass is 10.2. The predicted molar refractivity (Wildman–Crippen MR) is 98.0 cm³/mol. The monoisotopic (exact) mass is 342 g/mol. The maximum absolute atomic E-state index is 12.5. The molecule has 3 aromatic rings. The van der Waals surface area contributed by atoms with Gasteiger partial charge in [0.2, 0.25) is 0 Å². The second-order valence-corrected chi connectivity index (χ2v) is 6.22. The van der Waals surface area contributed by atoms with E-state index in [0.29, 0.717) is 29.5 Å². The van der Waals surface area contributed by atoms with Crippen molar-refractivity contribution in [3.8, 4) is 5.75 Å². The van der Waals surface area contributed by atoms with Crippen molar-refractivity contribution in [3.05, 3.63) is 53.4 Å². The Balaban J connectivity index is 1.83. The second-order valence-electron chi connectivity index (χ2n) is 5.17. The van der Waals surface area contributed by atoms with Crippen LogP contribution in [0.15, 0.2) is 48.5 Å². The minimum absolute atomic E-state index is 0.183. The van der Waals surface area contributed by atoms with Crippen molar-refractivity contribution in [1.29, 1.82) is 0 Å². The number of amides is 1. The molecule has 6 heteroatoms. The molecule has 1 amide bonds. The maximum atomic E-state index is 12.5. The van der Waals surface area contributed by atoms with Crippen molar-refractivity contribution in [3.63, 3.8) is 0 Å². The lowest BCUT2D eigenvalue weighted by molar-refractivity contribution is 0.103. The molecule has 3 N–H and O–H groups in total. The second kappa shape index (κ2) is 7.33. The van der Waals surface area contributed by atoms with Gasteiger partial charge in [0, 0.05) is 7.11 Å². The van der Waals surface area contributed by atoms with Gasteiger partial charge in [-0.1, -0.05) is 24.3 Å². The number of ether oxygens (including phenoxy) is 2. The highest BCUT2D eigenvalue weighted by molar-refractivity contribution is 7.21. The summed E-state index contributed by atoms with van der Waals surface area (Å²) in [6, 6.07) is 14.8. The summed E-state index contributed by atoms with van der Waals surface area (Å²) >= 11 is 1.40. The summed E-state index contributed by atoms with van der Waals surface area (Å²) in [5.41, 5.74) is 7.02. The highest BCUT2D eigenvalue weighted by atomic mass is 32.1. The molecule has 1 heterocycles. The summed E-state index contributed by atoms with van der Waals surface area (Å²) in [7, 11) is 1.63. The number of carbonyl (C=O) groups excluding carboxylic acids is 1. The van der Waals surface area contributed by atoms with E-state index in [0.717, 1.165) is 15.8 Å². The standard InChI is InChI=1S/C18H18N2O3S/c1-22-9-10-23-15-8-4-5-12-11-16(24-17(12)15)18(21)20-14-7-3-2-6-13(14)19/h2-8,11H,9-10,19H2,1H3,(H,20,21). The number of hydrogen-bond acceptors (Lipinski definition) is 5. The molecule has 1 aromatic heterocycles. The molecule has 5 nitrogen and oxygen atoms in total. The maximum Gasteiger partial charge on any atom is 0.265 e. The van der Waals surface area contributed by atoms with Gasteiger partial charge in [-0.3, -0.25) is 4.79 Å². The quantitative estimate of drug-likeness (QED) is 0.528. The van der Waals surface area contributed by atoms with E-state index in [1.165, 1.54) is 11.3 Å². The van der Waals surface area contributed by atoms with E-state index in [4.69, 9.17) is 15.2 Å². The Kier molecular flexibility index (Phi) is 4.98. The van der Waals surface area contributed by atoms with E-state index < -0.39 is 0 Å². The summed E-state index contributed by atoms with van der Waals surface area (Å²) in [6.45, 7) is 0.984. The smallest absolute Gasteiger partial charge is 0.265 e. The summed E-state index contributed by atoms with van der Waals surface area (Å²) in [6.07, 6.45) is 0. The zero-order chi connectivity index (χ0) is 16.9. The van der Waals surface area contributed by atoms with Crippen molar-refractivity contribution < 1.29 is 14.3 Å². The number of nitrogen functional groups attached to an aromatic ring is 1. The molecule has 0 spiro atoms. The van der Waals surface area contributed by atoms with Gasteiger partial charge in [-0.25, -0.2) is 0 Å². The number of nitrogens with one attached hydrogen (secondary N) is 1. The van der Waals surface area contributed by atoms with Crippen LogP contribution in [0.1, 0.15) is 9.67 Å². The summed E-state index contributed by atoms with van der Waals surface area (Å²) in [4.78, 5) is 13.1. The lowest BCUT2D eigenvalue weighted by Crippen LogP contribution is -2.11. The Morgan fingerprint density at radius 2 is 2.00 bits per heavy atom. The first-order chi connectivity index (χ1) is 11.7. The van der Waals surface area contributed by atoms with Gasteiger partial charge < -0.3 is 20.5 Å². The number of fused-ring (bicyclic) bond motifs is 1. The molecule has 0 aliphatic rings. The van der Waals surface area contributed by atoms with E-state index in [1.54, 1.807) is 19.2 Å². The number of hydrogen-bond donors (Lipinski definition) is 2. The van der Waals surface area contributed by atoms with Crippen LogP contribution < -0.4 is 15.8 Å². The van der Waals surface area contributed by atoms with Gasteiger partial charge in [0.25, 0.3) is 5.91 Å². The summed E-state index contributed by atoms with van der Waals surface area (Å²) in [5, 5.41) is 3.82. The van der Waals surface area contributed by atoms with Crippen molar-refractivity contribution in [2.24, 2.45) is 0 Å². The molecule has 0 saturated heterocycles. The van der Waals surface area contributed by atoms with Crippen LogP contribution in [0.2, 0.25) is 0 Å². The van der Waals surface area contributed by atoms with Gasteiger partial charge >= 0.3 is 0 Å². The van der Waals surface area contributed by atoms with Crippen LogP contribution >= 0.6 is 11.3 Å². The van der Waals surface area contributed by atoms with E-state index in [-0.39, 0.29) is 5.91 Å². The Bertz CT molecular complexity index is 860. The Morgan fingerprint density at radius 3 is 2.79 bits per heavy atom. The van der Waals surface area contributed by atoms with Crippen LogP contribution in [-0.2, 0) is 4.74 Å². The normalized spacial score (nSPS) is 10.7. The first kappa shape index (κ1) is 16.3. The van der Waals surface area contributed by atoms with E-state index in [2.05, 4.69) is 5.32 Å². The molecule has 24 heavy (non-hydrogen) atoms. The molecule has 0 saturated carbocycles. The van der Waals surface area contributed by atoms with Crippen LogP contribution in [0, 0.1) is 0 Å². The fourth-order valence-corrected chi connectivity index (χ4v) is 3.31. The zero-order valence-corrected chi connectivity index (χ0v) is 14.1. The number of methoxy groups -OCH3 is 1. The summed E-state index contributed by atoms with van der Waals surface area (Å²) < 4.78 is 11.7. The fraction of sp³-hybridized carbons (Fsp3) is 0.167. The average molecular weight is 342 g/mol. The molecule has 0 bridgehead atoms. The molecule has 0 fully saturated rings. The Labute approximate surface area is 144 Å². The molecule has 3 rings (SSSR count). The third-order valence-corrected chi connectivity index (χ3v) is 4.65. The molecule has 2 aromatic carbocycles. The molecule has 124 valence electrons. The third-order valence-electron chi connectivity index (χ3n) is 3.49. The van der Waals surface area contributed by atoms with Gasteiger partial charge in [0.15, 0.2) is 0 Å². The van der Waals surface area contributed by atoms with Crippen LogP contribution in [0.25, 0.3) is 10.1 Å². The van der Waals surface area contributed by atoms with Crippen molar-refractivity contribution in [2.45, 2.75) is 0 Å². The Morgan fingerprint density at radius 1 is 1.17 bits per heavy atom. The topological polar surface area (TPSA) is 73.6 Å². The van der Waals surface area contributed by atoms with E-state index >= 15 is 0 Å². The Hall–Kier alpha value is -2.57. The number of rotatable bonds is 6. The van der Waals surface area contributed by atoms with Crippen LogP contribution in [0.3, 0.4) is 0 Å². The summed E-state index contributed by atoms with van der Waals surface area (Å²) in [5.74, 6) is 0.574. The third kappa shape index (κ3) is 3.50. The van der Waals surface area contributed by atoms with Crippen molar-refractivity contribution in [1.82, 2.24) is 0 Å². The highest BCUT2D eigenvalue weighted by Gasteiger charge is 2.14. The number of carbonyl (C=O) groups is 1. The predicted octanol–water partition coefficient (Wildman–Crippen LogP) is 3.76. The van der Waals surface area contributed by atoms with Gasteiger partial charge in [0.05, 0.1) is 27.6 Å². The number of nitrogens with two attached hydrogens (primary N) is 1. The van der Waals surface area contributed by atoms with Crippen LogP contribution in [0.4, 0.5) is 11.4 Å². The van der Waals surface area contributed by atoms with Crippen molar-refractivity contribution in [2.75, 3.05) is 31.4 Å². The van der Waals surface area contributed by atoms with Gasteiger partial charge in [-0.15, -0.1) is 11.3 Å². The van der Waals surface area contributed by atoms with Gasteiger partial charge in [-0.2, -0.15) is 0 Å². The molecular formula is C18H18N2O3S. The average Bonchev–Trinajstić information content (AvgIpc) is 3.02. The molecule has 0 aliphatic carbocycles. The first-order valence-electron chi connectivity index (χ1n) is 7.49. The number of anilines is 2. The first-order valence-corrected chi connectivity index (χ1v) is 8.31. The van der Waals surface area contributed by atoms with Gasteiger partial charge in [0.1, 0.15) is 12.4 Å². The SMILES string of the molecule is COCCOc1cccc2cc(C(=O)Nc3ccccc3N)sc12. The van der Waals surface area contributed by atoms with E-state index in [1.807, 2.05) is 36.4 Å². The largest absolute Gasteiger partial charge is 0.490 e. The van der Waals surface area contributed by atoms with Crippen LogP contribution in [0.5, 0.6) is 5.75 Å². The minimum Gasteiger partial charge on any atom is -0.490 e. The number of thiophene rings is 1. The molecular weight excluding hydrogens is 324 g/mol. The highest BCUT2D eigenvalue weighted by Crippen LogP contribution is 2.34. The van der Waals surface area contributed by atoms with E-state index in [9.17, 15) is 4.79 Å². The lowest BCUT2D eigenvalue weighted by Gasteiger charge is -2.06. The number of benzene rings is 2.